The Morgan fingerprint density at radius 3 is 2.67 bits per heavy atom. The van der Waals surface area contributed by atoms with Crippen LogP contribution < -0.4 is 0 Å². The standard InChI is InChI=1S/C18H26ClNO/c1-14-5-4-10-18(11-14,13-21)12-20(3)15(2)16-6-8-17(19)9-7-16/h6-9,13-15H,4-5,10-12H2,1-3H3. The monoisotopic (exact) mass is 307 g/mol. The van der Waals surface area contributed by atoms with Gasteiger partial charge in [0.1, 0.15) is 6.29 Å². The third-order valence-corrected chi connectivity index (χ3v) is 5.21. The number of benzene rings is 1. The van der Waals surface area contributed by atoms with Crippen molar-refractivity contribution in [2.75, 3.05) is 13.6 Å². The van der Waals surface area contributed by atoms with Crippen LogP contribution in [-0.4, -0.2) is 24.8 Å². The molecule has 0 bridgehead atoms. The van der Waals surface area contributed by atoms with E-state index in [1.165, 1.54) is 24.7 Å². The first-order valence-electron chi connectivity index (χ1n) is 7.88. The summed E-state index contributed by atoms with van der Waals surface area (Å²) < 4.78 is 0. The Balaban J connectivity index is 2.06. The van der Waals surface area contributed by atoms with Crippen molar-refractivity contribution in [3.63, 3.8) is 0 Å². The third kappa shape index (κ3) is 4.08. The molecule has 1 saturated carbocycles. The zero-order chi connectivity index (χ0) is 15.5. The lowest BCUT2D eigenvalue weighted by atomic mass is 9.70. The molecule has 1 fully saturated rings. The van der Waals surface area contributed by atoms with Crippen molar-refractivity contribution in [1.29, 1.82) is 0 Å². The van der Waals surface area contributed by atoms with Crippen LogP contribution in [0.15, 0.2) is 24.3 Å². The third-order valence-electron chi connectivity index (χ3n) is 4.95. The fourth-order valence-corrected chi connectivity index (χ4v) is 3.74. The van der Waals surface area contributed by atoms with E-state index in [0.29, 0.717) is 5.92 Å². The average molecular weight is 308 g/mol. The lowest BCUT2D eigenvalue weighted by molar-refractivity contribution is -0.120. The summed E-state index contributed by atoms with van der Waals surface area (Å²) >= 11 is 5.95. The Labute approximate surface area is 133 Å². The summed E-state index contributed by atoms with van der Waals surface area (Å²) in [5.41, 5.74) is 1.08. The molecule has 2 nitrogen and oxygen atoms in total. The van der Waals surface area contributed by atoms with Gasteiger partial charge in [-0.25, -0.2) is 0 Å². The highest BCUT2D eigenvalue weighted by molar-refractivity contribution is 6.30. The molecular weight excluding hydrogens is 282 g/mol. The van der Waals surface area contributed by atoms with Gasteiger partial charge < -0.3 is 4.79 Å². The van der Waals surface area contributed by atoms with Gasteiger partial charge in [0, 0.05) is 23.0 Å². The smallest absolute Gasteiger partial charge is 0.127 e. The van der Waals surface area contributed by atoms with Crippen LogP contribution in [0, 0.1) is 11.3 Å². The molecule has 1 aromatic carbocycles. The quantitative estimate of drug-likeness (QED) is 0.733. The Bertz CT molecular complexity index is 473. The minimum Gasteiger partial charge on any atom is -0.303 e. The van der Waals surface area contributed by atoms with E-state index in [9.17, 15) is 4.79 Å². The van der Waals surface area contributed by atoms with Crippen molar-refractivity contribution in [3.8, 4) is 0 Å². The molecule has 0 spiro atoms. The second kappa shape index (κ2) is 6.93. The van der Waals surface area contributed by atoms with Crippen LogP contribution >= 0.6 is 11.6 Å². The van der Waals surface area contributed by atoms with Crippen molar-refractivity contribution in [3.05, 3.63) is 34.9 Å². The molecule has 3 atom stereocenters. The maximum atomic E-state index is 11.7. The summed E-state index contributed by atoms with van der Waals surface area (Å²) in [4.78, 5) is 14.0. The SMILES string of the molecule is CC1CCCC(C=O)(CN(C)C(C)c2ccc(Cl)cc2)C1. The van der Waals surface area contributed by atoms with Crippen LogP contribution in [0.4, 0.5) is 0 Å². The molecule has 1 aliphatic carbocycles. The molecule has 2 rings (SSSR count). The van der Waals surface area contributed by atoms with Gasteiger partial charge in [0.05, 0.1) is 0 Å². The molecule has 0 aliphatic heterocycles. The van der Waals surface area contributed by atoms with Gasteiger partial charge >= 0.3 is 0 Å². The van der Waals surface area contributed by atoms with Crippen molar-refractivity contribution in [2.45, 2.75) is 45.6 Å². The van der Waals surface area contributed by atoms with Gasteiger partial charge in [0.2, 0.25) is 0 Å². The van der Waals surface area contributed by atoms with E-state index in [1.807, 2.05) is 12.1 Å². The zero-order valence-corrected chi connectivity index (χ0v) is 14.1. The van der Waals surface area contributed by atoms with E-state index in [4.69, 9.17) is 11.6 Å². The molecule has 1 aromatic rings. The number of carbonyl (C=O) groups is 1. The maximum absolute atomic E-state index is 11.7. The molecule has 0 aromatic heterocycles. The zero-order valence-electron chi connectivity index (χ0n) is 13.3. The summed E-state index contributed by atoms with van der Waals surface area (Å²) in [6.07, 6.45) is 5.69. The van der Waals surface area contributed by atoms with Gasteiger partial charge in [-0.1, -0.05) is 43.5 Å². The lowest BCUT2D eigenvalue weighted by Crippen LogP contribution is -2.41. The van der Waals surface area contributed by atoms with Gasteiger partial charge in [-0.15, -0.1) is 0 Å². The second-order valence-corrected chi connectivity index (χ2v) is 7.26. The number of rotatable bonds is 5. The Morgan fingerprint density at radius 2 is 2.10 bits per heavy atom. The van der Waals surface area contributed by atoms with Crippen LogP contribution in [0.1, 0.15) is 51.1 Å². The van der Waals surface area contributed by atoms with Crippen molar-refractivity contribution in [2.24, 2.45) is 11.3 Å². The molecule has 0 N–H and O–H groups in total. The maximum Gasteiger partial charge on any atom is 0.127 e. The van der Waals surface area contributed by atoms with Gasteiger partial charge in [-0.05, 0) is 50.4 Å². The molecule has 21 heavy (non-hydrogen) atoms. The topological polar surface area (TPSA) is 20.3 Å². The predicted octanol–water partition coefficient (Wildman–Crippen LogP) is 4.73. The second-order valence-electron chi connectivity index (χ2n) is 6.82. The molecule has 3 heteroatoms. The van der Waals surface area contributed by atoms with Gasteiger partial charge in [0.15, 0.2) is 0 Å². The predicted molar refractivity (Wildman–Crippen MR) is 88.6 cm³/mol. The van der Waals surface area contributed by atoms with E-state index in [1.54, 1.807) is 0 Å². The average Bonchev–Trinajstić information content (AvgIpc) is 2.47. The number of aldehydes is 1. The highest BCUT2D eigenvalue weighted by Crippen LogP contribution is 2.39. The minimum absolute atomic E-state index is 0.160. The van der Waals surface area contributed by atoms with E-state index < -0.39 is 0 Å². The van der Waals surface area contributed by atoms with Crippen LogP contribution in [0.5, 0.6) is 0 Å². The lowest BCUT2D eigenvalue weighted by Gasteiger charge is -2.40. The van der Waals surface area contributed by atoms with E-state index in [-0.39, 0.29) is 11.5 Å². The molecule has 0 saturated heterocycles. The molecule has 1 aliphatic rings. The van der Waals surface area contributed by atoms with Crippen LogP contribution in [0.3, 0.4) is 0 Å². The van der Waals surface area contributed by atoms with Gasteiger partial charge in [-0.3, -0.25) is 4.90 Å². The summed E-state index contributed by atoms with van der Waals surface area (Å²) in [5.74, 6) is 0.656. The van der Waals surface area contributed by atoms with Crippen LogP contribution in [-0.2, 0) is 4.79 Å². The van der Waals surface area contributed by atoms with E-state index in [0.717, 1.165) is 24.4 Å². The summed E-state index contributed by atoms with van der Waals surface area (Å²) in [7, 11) is 2.11. The Hall–Kier alpha value is -0.860. The first-order valence-corrected chi connectivity index (χ1v) is 8.25. The van der Waals surface area contributed by atoms with Gasteiger partial charge in [-0.2, -0.15) is 0 Å². The minimum atomic E-state index is -0.160. The molecule has 116 valence electrons. The van der Waals surface area contributed by atoms with Crippen LogP contribution in [0.2, 0.25) is 5.02 Å². The molecule has 0 radical (unpaired) electrons. The van der Waals surface area contributed by atoms with Crippen molar-refractivity contribution in [1.82, 2.24) is 4.90 Å². The highest BCUT2D eigenvalue weighted by atomic mass is 35.5. The molecule has 3 unspecified atom stereocenters. The Morgan fingerprint density at radius 1 is 1.43 bits per heavy atom. The molecular formula is C18H26ClNO. The van der Waals surface area contributed by atoms with Crippen molar-refractivity contribution >= 4 is 17.9 Å². The van der Waals surface area contributed by atoms with E-state index >= 15 is 0 Å². The number of halogens is 1. The fraction of sp³-hybridized carbons (Fsp3) is 0.611. The molecule has 0 amide bonds. The van der Waals surface area contributed by atoms with Gasteiger partial charge in [0.25, 0.3) is 0 Å². The number of carbonyl (C=O) groups excluding carboxylic acids is 1. The fourth-order valence-electron chi connectivity index (χ4n) is 3.62. The number of nitrogens with zero attached hydrogens (tertiary/aromatic N) is 1. The number of hydrogen-bond acceptors (Lipinski definition) is 2. The highest BCUT2D eigenvalue weighted by Gasteiger charge is 2.36. The number of hydrogen-bond donors (Lipinski definition) is 0. The first kappa shape index (κ1) is 16.5. The van der Waals surface area contributed by atoms with Crippen LogP contribution in [0.25, 0.3) is 0 Å². The molecule has 0 heterocycles. The first-order chi connectivity index (χ1) is 9.96. The normalized spacial score (nSPS) is 27.6. The summed E-state index contributed by atoms with van der Waals surface area (Å²) in [6.45, 7) is 5.29. The summed E-state index contributed by atoms with van der Waals surface area (Å²) in [5, 5.41) is 0.763. The largest absolute Gasteiger partial charge is 0.303 e. The van der Waals surface area contributed by atoms with E-state index in [2.05, 4.69) is 37.9 Å². The Kier molecular flexibility index (Phi) is 5.45. The van der Waals surface area contributed by atoms with Crippen molar-refractivity contribution < 1.29 is 4.79 Å². The summed E-state index contributed by atoms with van der Waals surface area (Å²) in [6, 6.07) is 8.29.